The summed E-state index contributed by atoms with van der Waals surface area (Å²) in [7, 11) is 1.88. The molecule has 2 aromatic rings. The van der Waals surface area contributed by atoms with Gasteiger partial charge in [-0.1, -0.05) is 37.3 Å². The topological polar surface area (TPSA) is 59.0 Å². The van der Waals surface area contributed by atoms with Gasteiger partial charge in [0.1, 0.15) is 0 Å². The van der Waals surface area contributed by atoms with E-state index in [9.17, 15) is 4.79 Å². The molecule has 0 atom stereocenters. The number of carbonyl (C=O) groups excluding carboxylic acids is 1. The highest BCUT2D eigenvalue weighted by Crippen LogP contribution is 2.21. The molecule has 0 aliphatic carbocycles. The Bertz CT molecular complexity index is 548. The Kier molecular flexibility index (Phi) is 4.18. The fourth-order valence-corrected chi connectivity index (χ4v) is 1.79. The third kappa shape index (κ3) is 3.13. The number of nitrogens with one attached hydrogen (secondary N) is 2. The monoisotopic (exact) mass is 258 g/mol. The summed E-state index contributed by atoms with van der Waals surface area (Å²) in [5.74, 6) is 0.535. The van der Waals surface area contributed by atoms with E-state index in [4.69, 9.17) is 0 Å². The van der Waals surface area contributed by atoms with Crippen molar-refractivity contribution in [1.29, 1.82) is 0 Å². The first kappa shape index (κ1) is 13.1. The summed E-state index contributed by atoms with van der Waals surface area (Å²) in [5.41, 5.74) is 2.03. The summed E-state index contributed by atoms with van der Waals surface area (Å²) in [6.45, 7) is 2.66. The number of hydrogen-bond donors (Lipinski definition) is 2. The molecule has 19 heavy (non-hydrogen) atoms. The number of carbonyl (C=O) groups is 1. The van der Waals surface area contributed by atoms with Crippen LogP contribution in [-0.2, 0) is 7.05 Å². The second-order valence-electron chi connectivity index (χ2n) is 4.27. The Morgan fingerprint density at radius 1 is 1.32 bits per heavy atom. The van der Waals surface area contributed by atoms with Gasteiger partial charge in [-0.3, -0.25) is 5.32 Å². The average molecular weight is 258 g/mol. The van der Waals surface area contributed by atoms with Crippen LogP contribution in [0.1, 0.15) is 13.3 Å². The third-order valence-electron chi connectivity index (χ3n) is 2.82. The molecule has 5 nitrogen and oxygen atoms in total. The van der Waals surface area contributed by atoms with Gasteiger partial charge in [-0.25, -0.2) is 9.78 Å². The van der Waals surface area contributed by atoms with Crippen LogP contribution in [-0.4, -0.2) is 22.1 Å². The van der Waals surface area contributed by atoms with E-state index in [-0.39, 0.29) is 6.03 Å². The molecule has 2 amide bonds. The standard InChI is InChI=1S/C14H18N4O/c1-3-9-15-14(19)17-13-16-10-12(18(13)2)11-7-5-4-6-8-11/h4-8,10H,3,9H2,1-2H3,(H2,15,16,17,19). The quantitative estimate of drug-likeness (QED) is 0.885. The average Bonchev–Trinajstić information content (AvgIpc) is 2.79. The van der Waals surface area contributed by atoms with E-state index in [2.05, 4.69) is 15.6 Å². The molecule has 0 aliphatic heterocycles. The second-order valence-corrected chi connectivity index (χ2v) is 4.27. The molecule has 0 unspecified atom stereocenters. The minimum Gasteiger partial charge on any atom is -0.338 e. The summed E-state index contributed by atoms with van der Waals surface area (Å²) in [4.78, 5) is 15.8. The lowest BCUT2D eigenvalue weighted by Gasteiger charge is -2.08. The maximum Gasteiger partial charge on any atom is 0.321 e. The SMILES string of the molecule is CCCNC(=O)Nc1ncc(-c2ccccc2)n1C. The van der Waals surface area contributed by atoms with Crippen LogP contribution < -0.4 is 10.6 Å². The molecule has 1 heterocycles. The van der Waals surface area contributed by atoms with Gasteiger partial charge in [0.25, 0.3) is 0 Å². The summed E-state index contributed by atoms with van der Waals surface area (Å²) < 4.78 is 1.86. The van der Waals surface area contributed by atoms with Crippen molar-refractivity contribution < 1.29 is 4.79 Å². The van der Waals surface area contributed by atoms with Crippen LogP contribution in [0.4, 0.5) is 10.7 Å². The maximum atomic E-state index is 11.6. The lowest BCUT2D eigenvalue weighted by Crippen LogP contribution is -2.30. The molecule has 1 aromatic heterocycles. The van der Waals surface area contributed by atoms with Gasteiger partial charge in [-0.05, 0) is 12.0 Å². The lowest BCUT2D eigenvalue weighted by molar-refractivity contribution is 0.252. The molecule has 100 valence electrons. The number of rotatable bonds is 4. The fourth-order valence-electron chi connectivity index (χ4n) is 1.79. The molecule has 0 aliphatic rings. The van der Waals surface area contributed by atoms with E-state index in [1.54, 1.807) is 6.20 Å². The predicted molar refractivity (Wildman–Crippen MR) is 76.0 cm³/mol. The van der Waals surface area contributed by atoms with Gasteiger partial charge in [0.2, 0.25) is 5.95 Å². The van der Waals surface area contributed by atoms with Crippen LogP contribution in [0, 0.1) is 0 Å². The Morgan fingerprint density at radius 2 is 2.05 bits per heavy atom. The zero-order chi connectivity index (χ0) is 13.7. The van der Waals surface area contributed by atoms with Crippen LogP contribution in [0.5, 0.6) is 0 Å². The van der Waals surface area contributed by atoms with Crippen molar-refractivity contribution in [2.75, 3.05) is 11.9 Å². The van der Waals surface area contributed by atoms with Crippen molar-refractivity contribution >= 4 is 12.0 Å². The summed E-state index contributed by atoms with van der Waals surface area (Å²) in [6, 6.07) is 9.72. The zero-order valence-electron chi connectivity index (χ0n) is 11.2. The third-order valence-corrected chi connectivity index (χ3v) is 2.82. The number of imidazole rings is 1. The van der Waals surface area contributed by atoms with Crippen molar-refractivity contribution in [1.82, 2.24) is 14.9 Å². The van der Waals surface area contributed by atoms with Gasteiger partial charge in [0.05, 0.1) is 11.9 Å². The normalized spacial score (nSPS) is 10.2. The smallest absolute Gasteiger partial charge is 0.321 e. The Labute approximate surface area is 112 Å². The van der Waals surface area contributed by atoms with Gasteiger partial charge < -0.3 is 9.88 Å². The van der Waals surface area contributed by atoms with Gasteiger partial charge >= 0.3 is 6.03 Å². The zero-order valence-corrected chi connectivity index (χ0v) is 11.2. The van der Waals surface area contributed by atoms with E-state index in [1.807, 2.05) is 48.9 Å². The van der Waals surface area contributed by atoms with Gasteiger partial charge in [-0.2, -0.15) is 0 Å². The Balaban J connectivity index is 2.13. The molecular formula is C14H18N4O. The molecule has 1 aromatic carbocycles. The minimum atomic E-state index is -0.227. The molecule has 0 fully saturated rings. The molecule has 0 radical (unpaired) electrons. The molecule has 0 bridgehead atoms. The highest BCUT2D eigenvalue weighted by Gasteiger charge is 2.10. The highest BCUT2D eigenvalue weighted by molar-refractivity contribution is 5.87. The van der Waals surface area contributed by atoms with E-state index < -0.39 is 0 Å². The minimum absolute atomic E-state index is 0.227. The number of hydrogen-bond acceptors (Lipinski definition) is 2. The van der Waals surface area contributed by atoms with Crippen molar-refractivity contribution in [3.05, 3.63) is 36.5 Å². The van der Waals surface area contributed by atoms with E-state index in [0.29, 0.717) is 12.5 Å². The number of anilines is 1. The highest BCUT2D eigenvalue weighted by atomic mass is 16.2. The number of nitrogens with zero attached hydrogens (tertiary/aromatic N) is 2. The molecular weight excluding hydrogens is 240 g/mol. The summed E-state index contributed by atoms with van der Waals surface area (Å²) in [5, 5.41) is 5.49. The lowest BCUT2D eigenvalue weighted by atomic mass is 10.2. The van der Waals surface area contributed by atoms with Crippen LogP contribution in [0.2, 0.25) is 0 Å². The summed E-state index contributed by atoms with van der Waals surface area (Å²) >= 11 is 0. The van der Waals surface area contributed by atoms with Crippen molar-refractivity contribution in [3.8, 4) is 11.3 Å². The largest absolute Gasteiger partial charge is 0.338 e. The molecule has 2 rings (SSSR count). The molecule has 5 heteroatoms. The van der Waals surface area contributed by atoms with Crippen LogP contribution >= 0.6 is 0 Å². The van der Waals surface area contributed by atoms with Gasteiger partial charge in [-0.15, -0.1) is 0 Å². The molecule has 0 saturated carbocycles. The van der Waals surface area contributed by atoms with E-state index in [0.717, 1.165) is 17.7 Å². The maximum absolute atomic E-state index is 11.6. The van der Waals surface area contributed by atoms with Crippen LogP contribution in [0.3, 0.4) is 0 Å². The van der Waals surface area contributed by atoms with Crippen LogP contribution in [0.15, 0.2) is 36.5 Å². The first-order valence-corrected chi connectivity index (χ1v) is 6.34. The van der Waals surface area contributed by atoms with Gasteiger partial charge in [0, 0.05) is 13.6 Å². The number of urea groups is 1. The molecule has 0 saturated heterocycles. The number of benzene rings is 1. The van der Waals surface area contributed by atoms with E-state index >= 15 is 0 Å². The number of aromatic nitrogens is 2. The van der Waals surface area contributed by atoms with Gasteiger partial charge in [0.15, 0.2) is 0 Å². The predicted octanol–water partition coefficient (Wildman–Crippen LogP) is 2.62. The van der Waals surface area contributed by atoms with Crippen molar-refractivity contribution in [2.24, 2.45) is 7.05 Å². The summed E-state index contributed by atoms with van der Waals surface area (Å²) in [6.07, 6.45) is 2.66. The molecule has 2 N–H and O–H groups in total. The number of amides is 2. The first-order valence-electron chi connectivity index (χ1n) is 6.34. The molecule has 0 spiro atoms. The van der Waals surface area contributed by atoms with E-state index in [1.165, 1.54) is 0 Å². The Morgan fingerprint density at radius 3 is 2.74 bits per heavy atom. The Hall–Kier alpha value is -2.30. The second kappa shape index (κ2) is 6.04. The van der Waals surface area contributed by atoms with Crippen molar-refractivity contribution in [2.45, 2.75) is 13.3 Å². The first-order chi connectivity index (χ1) is 9.22. The van der Waals surface area contributed by atoms with Crippen LogP contribution in [0.25, 0.3) is 11.3 Å². The fraction of sp³-hybridized carbons (Fsp3) is 0.286. The van der Waals surface area contributed by atoms with Crippen molar-refractivity contribution in [3.63, 3.8) is 0 Å².